The minimum Gasteiger partial charge on any atom is -0.377 e. The molecule has 2 aliphatic rings. The number of benzene rings is 1. The summed E-state index contributed by atoms with van der Waals surface area (Å²) in [4.78, 5) is 9.51. The summed E-state index contributed by atoms with van der Waals surface area (Å²) in [6.45, 7) is 5.06. The van der Waals surface area contributed by atoms with E-state index in [4.69, 9.17) is 9.73 Å². The molecule has 2 unspecified atom stereocenters. The maximum atomic E-state index is 5.16. The summed E-state index contributed by atoms with van der Waals surface area (Å²) < 4.78 is 7.17. The van der Waals surface area contributed by atoms with Gasteiger partial charge in [-0.05, 0) is 43.7 Å². The summed E-state index contributed by atoms with van der Waals surface area (Å²) >= 11 is 0. The molecule has 2 heterocycles. The van der Waals surface area contributed by atoms with Gasteiger partial charge >= 0.3 is 0 Å². The third kappa shape index (κ3) is 5.51. The van der Waals surface area contributed by atoms with Crippen LogP contribution in [-0.4, -0.2) is 47.0 Å². The minimum absolute atomic E-state index is 0. The number of nitrogens with zero attached hydrogens (tertiary/aromatic N) is 4. The Kier molecular flexibility index (Phi) is 8.50. The van der Waals surface area contributed by atoms with E-state index in [0.717, 1.165) is 50.1 Å². The highest BCUT2D eigenvalue weighted by atomic mass is 127. The number of ether oxygens (including phenoxy) is 1. The smallest absolute Gasteiger partial charge is 0.191 e. The number of halogens is 1. The number of rotatable bonds is 6. The molecule has 1 aliphatic carbocycles. The zero-order valence-corrected chi connectivity index (χ0v) is 20.3. The van der Waals surface area contributed by atoms with Crippen molar-refractivity contribution >= 4 is 29.9 Å². The molecule has 1 aliphatic heterocycles. The molecule has 0 spiro atoms. The van der Waals surface area contributed by atoms with Crippen LogP contribution in [0.15, 0.2) is 29.3 Å². The van der Waals surface area contributed by atoms with Gasteiger partial charge in [-0.25, -0.2) is 9.67 Å². The first-order valence-electron chi connectivity index (χ1n) is 10.8. The van der Waals surface area contributed by atoms with Gasteiger partial charge in [0.1, 0.15) is 12.4 Å². The topological polar surface area (TPSA) is 76.4 Å². The number of hydrogen-bond donors (Lipinski definition) is 2. The van der Waals surface area contributed by atoms with E-state index >= 15 is 0 Å². The average molecular weight is 524 g/mol. The van der Waals surface area contributed by atoms with E-state index in [1.54, 1.807) is 7.11 Å². The fourth-order valence-corrected chi connectivity index (χ4v) is 4.43. The Morgan fingerprint density at radius 3 is 2.97 bits per heavy atom. The van der Waals surface area contributed by atoms with Gasteiger partial charge in [0, 0.05) is 38.6 Å². The van der Waals surface area contributed by atoms with Gasteiger partial charge in [0.05, 0.1) is 6.54 Å². The van der Waals surface area contributed by atoms with Crippen LogP contribution < -0.4 is 10.6 Å². The van der Waals surface area contributed by atoms with E-state index in [-0.39, 0.29) is 24.0 Å². The second-order valence-electron chi connectivity index (χ2n) is 7.95. The summed E-state index contributed by atoms with van der Waals surface area (Å²) in [5, 5.41) is 11.6. The molecule has 164 valence electrons. The number of aliphatic imine (C=N–C) groups is 1. The molecule has 0 saturated carbocycles. The van der Waals surface area contributed by atoms with Gasteiger partial charge in [-0.2, -0.15) is 5.10 Å². The van der Waals surface area contributed by atoms with Crippen LogP contribution in [0.5, 0.6) is 0 Å². The SMILES string of the molecule is CCNC(=NCC1CCCc2ccccc21)NC1CCc2nc(COC)nn2C1.I. The zero-order chi connectivity index (χ0) is 20.1. The lowest BCUT2D eigenvalue weighted by Gasteiger charge is -2.27. The van der Waals surface area contributed by atoms with E-state index in [2.05, 4.69) is 51.9 Å². The Morgan fingerprint density at radius 2 is 2.13 bits per heavy atom. The highest BCUT2D eigenvalue weighted by molar-refractivity contribution is 14.0. The Balaban J connectivity index is 0.00000256. The van der Waals surface area contributed by atoms with E-state index in [0.29, 0.717) is 18.6 Å². The summed E-state index contributed by atoms with van der Waals surface area (Å²) in [6.07, 6.45) is 5.62. The molecule has 1 aromatic carbocycles. The summed E-state index contributed by atoms with van der Waals surface area (Å²) in [6, 6.07) is 9.15. The molecule has 30 heavy (non-hydrogen) atoms. The molecule has 0 amide bonds. The first-order chi connectivity index (χ1) is 14.3. The van der Waals surface area contributed by atoms with Crippen LogP contribution in [0.1, 0.15) is 54.9 Å². The van der Waals surface area contributed by atoms with E-state index in [9.17, 15) is 0 Å². The minimum atomic E-state index is 0. The van der Waals surface area contributed by atoms with Crippen LogP contribution in [0.4, 0.5) is 0 Å². The van der Waals surface area contributed by atoms with E-state index < -0.39 is 0 Å². The number of fused-ring (bicyclic) bond motifs is 2. The van der Waals surface area contributed by atoms with Crippen molar-refractivity contribution in [2.24, 2.45) is 4.99 Å². The molecular weight excluding hydrogens is 491 g/mol. The number of hydrogen-bond acceptors (Lipinski definition) is 4. The van der Waals surface area contributed by atoms with Gasteiger partial charge in [-0.1, -0.05) is 24.3 Å². The van der Waals surface area contributed by atoms with Gasteiger partial charge < -0.3 is 15.4 Å². The fourth-order valence-electron chi connectivity index (χ4n) is 4.43. The quantitative estimate of drug-likeness (QED) is 0.345. The molecule has 0 saturated heterocycles. The number of aryl methyl sites for hydroxylation is 2. The van der Waals surface area contributed by atoms with Gasteiger partial charge in [-0.15, -0.1) is 24.0 Å². The van der Waals surface area contributed by atoms with Crippen LogP contribution in [0.25, 0.3) is 0 Å². The Labute approximate surface area is 196 Å². The van der Waals surface area contributed by atoms with Crippen molar-refractivity contribution in [1.29, 1.82) is 0 Å². The maximum absolute atomic E-state index is 5.16. The van der Waals surface area contributed by atoms with E-state index in [1.807, 2.05) is 4.68 Å². The highest BCUT2D eigenvalue weighted by Gasteiger charge is 2.23. The Hall–Kier alpha value is -1.68. The lowest BCUT2D eigenvalue weighted by Crippen LogP contribution is -2.47. The fraction of sp³-hybridized carbons (Fsp3) is 0.591. The largest absolute Gasteiger partial charge is 0.377 e. The molecule has 0 radical (unpaired) electrons. The standard InChI is InChI=1S/C22H32N6O.HI/c1-3-23-22(24-13-17-9-6-8-16-7-4-5-10-19(16)17)25-18-11-12-21-26-20(15-29-2)27-28(21)14-18;/h4-5,7,10,17-18H,3,6,8-9,11-15H2,1-2H3,(H2,23,24,25);1H. The predicted molar refractivity (Wildman–Crippen MR) is 129 cm³/mol. The van der Waals surface area contributed by atoms with Crippen molar-refractivity contribution in [3.8, 4) is 0 Å². The number of methoxy groups -OCH3 is 1. The zero-order valence-electron chi connectivity index (χ0n) is 17.9. The number of aromatic nitrogens is 3. The van der Waals surface area contributed by atoms with Crippen LogP contribution >= 0.6 is 24.0 Å². The van der Waals surface area contributed by atoms with Crippen LogP contribution in [0, 0.1) is 0 Å². The Bertz CT molecular complexity index is 852. The normalized spacial score (nSPS) is 20.7. The van der Waals surface area contributed by atoms with Crippen molar-refractivity contribution < 1.29 is 4.74 Å². The molecule has 0 bridgehead atoms. The van der Waals surface area contributed by atoms with Crippen LogP contribution in [0.3, 0.4) is 0 Å². The molecule has 7 nitrogen and oxygen atoms in total. The van der Waals surface area contributed by atoms with Crippen molar-refractivity contribution in [2.45, 2.75) is 64.1 Å². The summed E-state index contributed by atoms with van der Waals surface area (Å²) in [7, 11) is 1.67. The van der Waals surface area contributed by atoms with Crippen molar-refractivity contribution in [2.75, 3.05) is 20.2 Å². The molecule has 8 heteroatoms. The lowest BCUT2D eigenvalue weighted by atomic mass is 9.83. The molecule has 0 fully saturated rings. The summed E-state index contributed by atoms with van der Waals surface area (Å²) in [5.74, 6) is 3.23. The van der Waals surface area contributed by atoms with Gasteiger partial charge in [0.15, 0.2) is 11.8 Å². The lowest BCUT2D eigenvalue weighted by molar-refractivity contribution is 0.177. The molecular formula is C22H33IN6O. The molecule has 2 atom stereocenters. The second kappa shape index (κ2) is 11.1. The number of nitrogens with one attached hydrogen (secondary N) is 2. The van der Waals surface area contributed by atoms with Crippen molar-refractivity contribution in [3.63, 3.8) is 0 Å². The second-order valence-corrected chi connectivity index (χ2v) is 7.95. The summed E-state index contributed by atoms with van der Waals surface area (Å²) in [5.41, 5.74) is 2.98. The maximum Gasteiger partial charge on any atom is 0.191 e. The van der Waals surface area contributed by atoms with Gasteiger partial charge in [0.25, 0.3) is 0 Å². The van der Waals surface area contributed by atoms with E-state index in [1.165, 1.54) is 30.4 Å². The third-order valence-corrected chi connectivity index (χ3v) is 5.82. The van der Waals surface area contributed by atoms with Gasteiger partial charge in [-0.3, -0.25) is 4.99 Å². The molecule has 1 aromatic heterocycles. The first-order valence-corrected chi connectivity index (χ1v) is 10.8. The molecule has 2 aromatic rings. The van der Waals surface area contributed by atoms with Gasteiger partial charge in [0.2, 0.25) is 0 Å². The number of guanidine groups is 1. The third-order valence-electron chi connectivity index (χ3n) is 5.82. The van der Waals surface area contributed by atoms with Crippen LogP contribution in [0.2, 0.25) is 0 Å². The monoisotopic (exact) mass is 524 g/mol. The predicted octanol–water partition coefficient (Wildman–Crippen LogP) is 3.03. The highest BCUT2D eigenvalue weighted by Crippen LogP contribution is 2.31. The average Bonchev–Trinajstić information content (AvgIpc) is 3.14. The first kappa shape index (κ1) is 23.0. The van der Waals surface area contributed by atoms with Crippen molar-refractivity contribution in [1.82, 2.24) is 25.4 Å². The van der Waals surface area contributed by atoms with Crippen LogP contribution in [-0.2, 0) is 30.7 Å². The molecule has 4 rings (SSSR count). The Morgan fingerprint density at radius 1 is 1.27 bits per heavy atom. The molecule has 2 N–H and O–H groups in total. The van der Waals surface area contributed by atoms with Crippen molar-refractivity contribution in [3.05, 3.63) is 47.0 Å².